The zero-order chi connectivity index (χ0) is 18.9. The smallest absolute Gasteiger partial charge is 0.220 e. The fraction of sp³-hybridized carbons (Fsp3) is 0. The molecule has 0 saturated heterocycles. The molecular formula is C25H16N4. The predicted molar refractivity (Wildman–Crippen MR) is 119 cm³/mol. The molecule has 3 aromatic heterocycles. The molecule has 0 aliphatic carbocycles. The van der Waals surface area contributed by atoms with Gasteiger partial charge in [0.15, 0.2) is 0 Å². The molecule has 0 atom stereocenters. The van der Waals surface area contributed by atoms with Gasteiger partial charge in [-0.1, -0.05) is 48.5 Å². The lowest BCUT2D eigenvalue weighted by Crippen LogP contribution is -1.94. The van der Waals surface area contributed by atoms with Crippen LogP contribution in [0.15, 0.2) is 91.0 Å². The van der Waals surface area contributed by atoms with Crippen LogP contribution in [0.5, 0.6) is 0 Å². The number of hydrogen-bond donors (Lipinski definition) is 1. The minimum Gasteiger partial charge on any atom is -0.354 e. The Balaban J connectivity index is 1.63. The van der Waals surface area contributed by atoms with Crippen molar-refractivity contribution >= 4 is 49.7 Å². The Morgan fingerprint density at radius 2 is 1.34 bits per heavy atom. The SMILES string of the molecule is c1ccc2c(c1)nc1n(-c3ccc4c(c3)[nH]c3ccccc34)c3ccccc3n21. The minimum atomic E-state index is 0.933. The van der Waals surface area contributed by atoms with Gasteiger partial charge in [0, 0.05) is 21.8 Å². The number of nitrogens with one attached hydrogen (secondary N) is 1. The van der Waals surface area contributed by atoms with Gasteiger partial charge in [-0.05, 0) is 42.5 Å². The lowest BCUT2D eigenvalue weighted by molar-refractivity contribution is 1.11. The highest BCUT2D eigenvalue weighted by molar-refractivity contribution is 6.07. The van der Waals surface area contributed by atoms with E-state index in [9.17, 15) is 0 Å². The van der Waals surface area contributed by atoms with Gasteiger partial charge in [0.2, 0.25) is 5.78 Å². The second kappa shape index (κ2) is 5.26. The van der Waals surface area contributed by atoms with E-state index >= 15 is 0 Å². The van der Waals surface area contributed by atoms with Gasteiger partial charge in [-0.3, -0.25) is 8.97 Å². The molecule has 4 aromatic carbocycles. The predicted octanol–water partition coefficient (Wildman–Crippen LogP) is 6.07. The number of H-pyrrole nitrogens is 1. The molecular weight excluding hydrogens is 356 g/mol. The molecule has 0 saturated carbocycles. The van der Waals surface area contributed by atoms with E-state index in [2.05, 4.69) is 98.9 Å². The van der Waals surface area contributed by atoms with E-state index in [-0.39, 0.29) is 0 Å². The van der Waals surface area contributed by atoms with Crippen molar-refractivity contribution in [3.63, 3.8) is 0 Å². The zero-order valence-electron chi connectivity index (χ0n) is 15.5. The molecule has 0 unspecified atom stereocenters. The van der Waals surface area contributed by atoms with Crippen molar-refractivity contribution < 1.29 is 0 Å². The van der Waals surface area contributed by atoms with Crippen LogP contribution in [0.25, 0.3) is 55.3 Å². The molecule has 1 N–H and O–H groups in total. The molecule has 136 valence electrons. The molecule has 7 rings (SSSR count). The van der Waals surface area contributed by atoms with E-state index in [4.69, 9.17) is 4.98 Å². The van der Waals surface area contributed by atoms with Crippen LogP contribution in [-0.2, 0) is 0 Å². The van der Waals surface area contributed by atoms with Gasteiger partial charge in [-0.15, -0.1) is 0 Å². The standard InChI is InChI=1S/C25H16N4/c1-2-8-19-17(7-1)18-14-13-16(15-21(18)26-19)28-23-11-5-6-12-24(23)29-22-10-4-3-9-20(22)27-25(28)29/h1-15,26H. The zero-order valence-corrected chi connectivity index (χ0v) is 15.5. The Bertz CT molecular complexity index is 1710. The van der Waals surface area contributed by atoms with Gasteiger partial charge in [-0.2, -0.15) is 0 Å². The van der Waals surface area contributed by atoms with E-state index in [0.717, 1.165) is 44.6 Å². The van der Waals surface area contributed by atoms with Gasteiger partial charge < -0.3 is 4.98 Å². The lowest BCUT2D eigenvalue weighted by atomic mass is 10.1. The summed E-state index contributed by atoms with van der Waals surface area (Å²) in [4.78, 5) is 8.53. The molecule has 4 heteroatoms. The summed E-state index contributed by atoms with van der Waals surface area (Å²) in [6.07, 6.45) is 0. The maximum Gasteiger partial charge on any atom is 0.220 e. The summed E-state index contributed by atoms with van der Waals surface area (Å²) in [5.74, 6) is 0.933. The fourth-order valence-electron chi connectivity index (χ4n) is 4.59. The molecule has 0 radical (unpaired) electrons. The van der Waals surface area contributed by atoms with Gasteiger partial charge in [0.25, 0.3) is 0 Å². The number of imidazole rings is 2. The van der Waals surface area contributed by atoms with Crippen molar-refractivity contribution in [3.8, 4) is 5.69 Å². The van der Waals surface area contributed by atoms with Crippen LogP contribution in [0.4, 0.5) is 0 Å². The monoisotopic (exact) mass is 372 g/mol. The summed E-state index contributed by atoms with van der Waals surface area (Å²) in [7, 11) is 0. The highest BCUT2D eigenvalue weighted by Crippen LogP contribution is 2.32. The summed E-state index contributed by atoms with van der Waals surface area (Å²) >= 11 is 0. The topological polar surface area (TPSA) is 38.0 Å². The molecule has 0 fully saturated rings. The molecule has 0 spiro atoms. The van der Waals surface area contributed by atoms with Gasteiger partial charge in [-0.25, -0.2) is 4.98 Å². The summed E-state index contributed by atoms with van der Waals surface area (Å²) in [6, 6.07) is 31.9. The van der Waals surface area contributed by atoms with E-state index in [1.54, 1.807) is 0 Å². The Labute approximate surface area is 165 Å². The van der Waals surface area contributed by atoms with Gasteiger partial charge in [0.1, 0.15) is 0 Å². The first kappa shape index (κ1) is 14.9. The molecule has 0 aliphatic rings. The van der Waals surface area contributed by atoms with Crippen molar-refractivity contribution in [2.75, 3.05) is 0 Å². The Kier molecular flexibility index (Phi) is 2.71. The van der Waals surface area contributed by atoms with Crippen LogP contribution in [0.3, 0.4) is 0 Å². The van der Waals surface area contributed by atoms with E-state index in [1.165, 1.54) is 10.8 Å². The third-order valence-corrected chi connectivity index (χ3v) is 5.85. The average molecular weight is 372 g/mol. The fourth-order valence-corrected chi connectivity index (χ4v) is 4.59. The summed E-state index contributed by atoms with van der Waals surface area (Å²) in [5.41, 5.74) is 7.84. The summed E-state index contributed by atoms with van der Waals surface area (Å²) < 4.78 is 4.50. The first-order valence-corrected chi connectivity index (χ1v) is 9.76. The van der Waals surface area contributed by atoms with Crippen molar-refractivity contribution in [1.29, 1.82) is 0 Å². The highest BCUT2D eigenvalue weighted by Gasteiger charge is 2.17. The van der Waals surface area contributed by atoms with Crippen LogP contribution in [0.1, 0.15) is 0 Å². The van der Waals surface area contributed by atoms with Crippen molar-refractivity contribution in [1.82, 2.24) is 18.9 Å². The molecule has 29 heavy (non-hydrogen) atoms. The maximum atomic E-state index is 4.97. The van der Waals surface area contributed by atoms with Crippen LogP contribution in [0, 0.1) is 0 Å². The first-order valence-electron chi connectivity index (χ1n) is 9.76. The van der Waals surface area contributed by atoms with Gasteiger partial charge >= 0.3 is 0 Å². The van der Waals surface area contributed by atoms with E-state index < -0.39 is 0 Å². The summed E-state index contributed by atoms with van der Waals surface area (Å²) in [6.45, 7) is 0. The summed E-state index contributed by atoms with van der Waals surface area (Å²) in [5, 5.41) is 2.49. The quantitative estimate of drug-likeness (QED) is 0.373. The number of rotatable bonds is 1. The van der Waals surface area contributed by atoms with Crippen molar-refractivity contribution in [3.05, 3.63) is 91.0 Å². The third kappa shape index (κ3) is 1.90. The van der Waals surface area contributed by atoms with Crippen LogP contribution < -0.4 is 0 Å². The lowest BCUT2D eigenvalue weighted by Gasteiger charge is -2.05. The van der Waals surface area contributed by atoms with E-state index in [0.29, 0.717) is 0 Å². The molecule has 7 aromatic rings. The maximum absolute atomic E-state index is 4.97. The normalized spacial score (nSPS) is 12.1. The molecule has 4 nitrogen and oxygen atoms in total. The molecule has 0 amide bonds. The number of aromatic nitrogens is 4. The number of nitrogens with zero attached hydrogens (tertiary/aromatic N) is 3. The number of benzene rings is 4. The largest absolute Gasteiger partial charge is 0.354 e. The second-order valence-electron chi connectivity index (χ2n) is 7.46. The molecule has 0 bridgehead atoms. The number of aromatic amines is 1. The first-order chi connectivity index (χ1) is 14.4. The number of fused-ring (bicyclic) bond motifs is 8. The average Bonchev–Trinajstić information content (AvgIpc) is 3.41. The highest BCUT2D eigenvalue weighted by atomic mass is 15.2. The van der Waals surface area contributed by atoms with E-state index in [1.807, 2.05) is 6.07 Å². The number of hydrogen-bond acceptors (Lipinski definition) is 1. The second-order valence-corrected chi connectivity index (χ2v) is 7.46. The minimum absolute atomic E-state index is 0.933. The Morgan fingerprint density at radius 3 is 2.28 bits per heavy atom. The van der Waals surface area contributed by atoms with Crippen molar-refractivity contribution in [2.45, 2.75) is 0 Å². The van der Waals surface area contributed by atoms with Crippen LogP contribution in [0.2, 0.25) is 0 Å². The Hall–Kier alpha value is -4.05. The van der Waals surface area contributed by atoms with Gasteiger partial charge in [0.05, 0.1) is 27.8 Å². The molecule has 3 heterocycles. The molecule has 0 aliphatic heterocycles. The van der Waals surface area contributed by atoms with Crippen molar-refractivity contribution in [2.24, 2.45) is 0 Å². The Morgan fingerprint density at radius 1 is 0.621 bits per heavy atom. The number of para-hydroxylation sites is 5. The van der Waals surface area contributed by atoms with Crippen LogP contribution in [-0.4, -0.2) is 18.9 Å². The third-order valence-electron chi connectivity index (χ3n) is 5.85. The van der Waals surface area contributed by atoms with Crippen LogP contribution >= 0.6 is 0 Å².